The molecule has 0 N–H and O–H groups in total. The van der Waals surface area contributed by atoms with Crippen molar-refractivity contribution in [2.75, 3.05) is 6.61 Å². The predicted molar refractivity (Wildman–Crippen MR) is 73.0 cm³/mol. The van der Waals surface area contributed by atoms with Crippen LogP contribution in [0.1, 0.15) is 31.8 Å². The molecule has 0 unspecified atom stereocenters. The second-order valence-corrected chi connectivity index (χ2v) is 5.05. The number of hydrogen-bond donors (Lipinski definition) is 0. The minimum absolute atomic E-state index is 0.190. The summed E-state index contributed by atoms with van der Waals surface area (Å²) in [5.74, 6) is -0.606. The molecule has 6 heteroatoms. The fourth-order valence-electron chi connectivity index (χ4n) is 1.42. The number of nitrogens with zero attached hydrogens (tertiary/aromatic N) is 1. The number of hydrogen-bond acceptors (Lipinski definition) is 5. The molecule has 0 atom stereocenters. The average Bonchev–Trinajstić information content (AvgIpc) is 2.89. The zero-order valence-corrected chi connectivity index (χ0v) is 11.6. The molecule has 0 aliphatic rings. The van der Waals surface area contributed by atoms with Crippen molar-refractivity contribution < 1.29 is 14.3 Å². The molecule has 98 valence electrons. The lowest BCUT2D eigenvalue weighted by Gasteiger charge is -1.98. The van der Waals surface area contributed by atoms with Gasteiger partial charge in [0.05, 0.1) is 11.5 Å². The van der Waals surface area contributed by atoms with Crippen LogP contribution >= 0.6 is 22.9 Å². The number of esters is 1. The molecule has 0 amide bonds. The summed E-state index contributed by atoms with van der Waals surface area (Å²) in [5, 5.41) is 0.329. The van der Waals surface area contributed by atoms with Gasteiger partial charge in [0.25, 0.3) is 0 Å². The summed E-state index contributed by atoms with van der Waals surface area (Å²) in [6.45, 7) is 2.04. The normalized spacial score (nSPS) is 10.2. The molecule has 0 fully saturated rings. The minimum Gasteiger partial charge on any atom is -0.462 e. The molecule has 0 radical (unpaired) electrons. The van der Waals surface area contributed by atoms with Crippen LogP contribution in [-0.2, 0) is 4.74 Å². The zero-order chi connectivity index (χ0) is 13.8. The standard InChI is InChI=1S/C13H10ClNO3S/c1-2-18-13(17)10-5-4-9(19-10)12(16)8-3-6-11(14)15-7-8/h3-7H,2H2,1H3. The van der Waals surface area contributed by atoms with Crippen molar-refractivity contribution in [3.05, 3.63) is 50.9 Å². The molecule has 0 saturated heterocycles. The molecule has 19 heavy (non-hydrogen) atoms. The third-order valence-electron chi connectivity index (χ3n) is 2.30. The topological polar surface area (TPSA) is 56.3 Å². The van der Waals surface area contributed by atoms with Crippen molar-refractivity contribution >= 4 is 34.7 Å². The van der Waals surface area contributed by atoms with Crippen LogP contribution in [0.15, 0.2) is 30.5 Å². The summed E-state index contributed by atoms with van der Waals surface area (Å²) in [4.78, 5) is 28.4. The SMILES string of the molecule is CCOC(=O)c1ccc(C(=O)c2ccc(Cl)nc2)s1. The van der Waals surface area contributed by atoms with Gasteiger partial charge in [-0.1, -0.05) is 11.6 Å². The summed E-state index contributed by atoms with van der Waals surface area (Å²) in [6, 6.07) is 6.34. The van der Waals surface area contributed by atoms with E-state index in [0.717, 1.165) is 11.3 Å². The molecule has 0 bridgehead atoms. The summed E-state index contributed by atoms with van der Waals surface area (Å²) >= 11 is 6.77. The smallest absolute Gasteiger partial charge is 0.348 e. The molecule has 0 spiro atoms. The molecule has 2 aromatic heterocycles. The first-order valence-electron chi connectivity index (χ1n) is 5.55. The van der Waals surface area contributed by atoms with Crippen molar-refractivity contribution in [1.29, 1.82) is 0 Å². The van der Waals surface area contributed by atoms with Crippen LogP contribution in [0, 0.1) is 0 Å². The van der Waals surface area contributed by atoms with Gasteiger partial charge in [0.15, 0.2) is 0 Å². The van der Waals surface area contributed by atoms with Crippen molar-refractivity contribution in [3.63, 3.8) is 0 Å². The number of thiophene rings is 1. The minimum atomic E-state index is -0.416. The zero-order valence-electron chi connectivity index (χ0n) is 10.1. The number of pyridine rings is 1. The Morgan fingerprint density at radius 2 is 2.00 bits per heavy atom. The maximum atomic E-state index is 12.1. The van der Waals surface area contributed by atoms with Crippen LogP contribution in [0.4, 0.5) is 0 Å². The van der Waals surface area contributed by atoms with Gasteiger partial charge in [-0.2, -0.15) is 0 Å². The maximum Gasteiger partial charge on any atom is 0.348 e. The number of ketones is 1. The molecule has 0 aromatic carbocycles. The monoisotopic (exact) mass is 295 g/mol. The molecule has 2 heterocycles. The van der Waals surface area contributed by atoms with Crippen LogP contribution in [0.25, 0.3) is 0 Å². The molecule has 0 aliphatic heterocycles. The van der Waals surface area contributed by atoms with Crippen molar-refractivity contribution in [1.82, 2.24) is 4.98 Å². The second kappa shape index (κ2) is 5.95. The van der Waals surface area contributed by atoms with Gasteiger partial charge >= 0.3 is 5.97 Å². The van der Waals surface area contributed by atoms with Gasteiger partial charge < -0.3 is 4.74 Å². The molecule has 0 saturated carbocycles. The maximum absolute atomic E-state index is 12.1. The molecule has 0 aliphatic carbocycles. The Morgan fingerprint density at radius 1 is 1.26 bits per heavy atom. The van der Waals surface area contributed by atoms with Gasteiger partial charge in [-0.25, -0.2) is 9.78 Å². The Hall–Kier alpha value is -1.72. The van der Waals surface area contributed by atoms with E-state index < -0.39 is 5.97 Å². The first-order chi connectivity index (χ1) is 9.11. The Bertz CT molecular complexity index is 607. The highest BCUT2D eigenvalue weighted by atomic mass is 35.5. The summed E-state index contributed by atoms with van der Waals surface area (Å²) in [6.07, 6.45) is 1.41. The molecule has 2 rings (SSSR count). The van der Waals surface area contributed by atoms with E-state index >= 15 is 0 Å². The first-order valence-corrected chi connectivity index (χ1v) is 6.74. The summed E-state index contributed by atoms with van der Waals surface area (Å²) in [5.41, 5.74) is 0.432. The highest BCUT2D eigenvalue weighted by molar-refractivity contribution is 7.16. The first kappa shape index (κ1) is 13.7. The number of ether oxygens (including phenoxy) is 1. The average molecular weight is 296 g/mol. The Kier molecular flexibility index (Phi) is 4.29. The Labute approximate surface area is 119 Å². The van der Waals surface area contributed by atoms with E-state index in [9.17, 15) is 9.59 Å². The van der Waals surface area contributed by atoms with Crippen LogP contribution in [0.5, 0.6) is 0 Å². The molecule has 4 nitrogen and oxygen atoms in total. The third kappa shape index (κ3) is 3.19. The van der Waals surface area contributed by atoms with Crippen molar-refractivity contribution in [3.8, 4) is 0 Å². The van der Waals surface area contributed by atoms with Gasteiger partial charge in [-0.3, -0.25) is 4.79 Å². The van der Waals surface area contributed by atoms with Crippen molar-refractivity contribution in [2.24, 2.45) is 0 Å². The van der Waals surface area contributed by atoms with Gasteiger partial charge in [0, 0.05) is 11.8 Å². The number of carbonyl (C=O) groups excluding carboxylic acids is 2. The van der Waals surface area contributed by atoms with Crippen LogP contribution < -0.4 is 0 Å². The lowest BCUT2D eigenvalue weighted by atomic mass is 10.1. The number of halogens is 1. The van der Waals surface area contributed by atoms with Crippen molar-refractivity contribution in [2.45, 2.75) is 6.92 Å². The quantitative estimate of drug-likeness (QED) is 0.494. The van der Waals surface area contributed by atoms with E-state index in [1.54, 1.807) is 31.2 Å². The Morgan fingerprint density at radius 3 is 2.63 bits per heavy atom. The van der Waals surface area contributed by atoms with Gasteiger partial charge in [-0.15, -0.1) is 11.3 Å². The van der Waals surface area contributed by atoms with E-state index in [4.69, 9.17) is 16.3 Å². The van der Waals surface area contributed by atoms with E-state index in [1.165, 1.54) is 6.20 Å². The van der Waals surface area contributed by atoms with Crippen LogP contribution in [0.2, 0.25) is 5.15 Å². The summed E-state index contributed by atoms with van der Waals surface area (Å²) in [7, 11) is 0. The van der Waals surface area contributed by atoms with Gasteiger partial charge in [0.2, 0.25) is 5.78 Å². The molecule has 2 aromatic rings. The van der Waals surface area contributed by atoms with Crippen LogP contribution in [-0.4, -0.2) is 23.3 Å². The predicted octanol–water partition coefficient (Wildman–Crippen LogP) is 3.20. The number of rotatable bonds is 4. The highest BCUT2D eigenvalue weighted by Gasteiger charge is 2.16. The highest BCUT2D eigenvalue weighted by Crippen LogP contribution is 2.21. The summed E-state index contributed by atoms with van der Waals surface area (Å²) < 4.78 is 4.87. The second-order valence-electron chi connectivity index (χ2n) is 3.58. The van der Waals surface area contributed by atoms with E-state index in [0.29, 0.717) is 27.1 Å². The fourth-order valence-corrected chi connectivity index (χ4v) is 2.40. The lowest BCUT2D eigenvalue weighted by Crippen LogP contribution is -2.02. The fraction of sp³-hybridized carbons (Fsp3) is 0.154. The van der Waals surface area contributed by atoms with E-state index in [1.807, 2.05) is 0 Å². The van der Waals surface area contributed by atoms with Gasteiger partial charge in [0.1, 0.15) is 10.0 Å². The number of carbonyl (C=O) groups is 2. The lowest BCUT2D eigenvalue weighted by molar-refractivity contribution is 0.0532. The van der Waals surface area contributed by atoms with Crippen LogP contribution in [0.3, 0.4) is 0 Å². The molecular formula is C13H10ClNO3S. The van der Waals surface area contributed by atoms with Gasteiger partial charge in [-0.05, 0) is 31.2 Å². The van der Waals surface area contributed by atoms with E-state index in [-0.39, 0.29) is 5.78 Å². The molecular weight excluding hydrogens is 286 g/mol. The largest absolute Gasteiger partial charge is 0.462 e. The van der Waals surface area contributed by atoms with E-state index in [2.05, 4.69) is 4.98 Å². The Balaban J connectivity index is 2.20. The third-order valence-corrected chi connectivity index (χ3v) is 3.58. The number of aromatic nitrogens is 1.